The van der Waals surface area contributed by atoms with Crippen molar-refractivity contribution in [1.29, 1.82) is 0 Å². The van der Waals surface area contributed by atoms with Crippen molar-refractivity contribution in [2.45, 2.75) is 26.3 Å². The van der Waals surface area contributed by atoms with E-state index in [2.05, 4.69) is 28.6 Å². The fraction of sp³-hybridized carbons (Fsp3) is 0.417. The number of nitrogens with zero attached hydrogens (tertiary/aromatic N) is 2. The monoisotopic (exact) mass is 204 g/mol. The first kappa shape index (κ1) is 10.2. The van der Waals surface area contributed by atoms with Gasteiger partial charge in [0.25, 0.3) is 0 Å². The lowest BCUT2D eigenvalue weighted by atomic mass is 10.1. The van der Waals surface area contributed by atoms with E-state index in [4.69, 9.17) is 5.11 Å². The van der Waals surface area contributed by atoms with Gasteiger partial charge in [0.15, 0.2) is 0 Å². The van der Waals surface area contributed by atoms with Crippen molar-refractivity contribution in [3.05, 3.63) is 30.1 Å². The van der Waals surface area contributed by atoms with Gasteiger partial charge < -0.3 is 9.67 Å². The highest BCUT2D eigenvalue weighted by atomic mass is 16.2. The molecule has 1 aromatic heterocycles. The van der Waals surface area contributed by atoms with Crippen molar-refractivity contribution >= 4 is 11.0 Å². The summed E-state index contributed by atoms with van der Waals surface area (Å²) in [5, 5.41) is 8.78. The molecule has 0 saturated carbocycles. The zero-order valence-electron chi connectivity index (χ0n) is 8.98. The van der Waals surface area contributed by atoms with E-state index >= 15 is 0 Å². The number of benzene rings is 1. The summed E-state index contributed by atoms with van der Waals surface area (Å²) in [6.07, 6.45) is 3.63. The minimum Gasteiger partial charge on any atom is -0.396 e. The predicted molar refractivity (Wildman–Crippen MR) is 60.8 cm³/mol. The Bertz CT molecular complexity index is 448. The van der Waals surface area contributed by atoms with Gasteiger partial charge in [0, 0.05) is 13.2 Å². The van der Waals surface area contributed by atoms with E-state index < -0.39 is 0 Å². The van der Waals surface area contributed by atoms with E-state index in [1.807, 2.05) is 12.4 Å². The molecule has 0 radical (unpaired) electrons. The molecular weight excluding hydrogens is 188 g/mol. The number of aliphatic hydroxyl groups is 1. The normalized spacial score (nSPS) is 11.1. The molecular formula is C12H16N2O. The molecule has 1 N–H and O–H groups in total. The van der Waals surface area contributed by atoms with Gasteiger partial charge in [-0.25, -0.2) is 4.98 Å². The molecule has 0 aliphatic rings. The summed E-state index contributed by atoms with van der Waals surface area (Å²) in [5.41, 5.74) is 3.50. The second-order valence-corrected chi connectivity index (χ2v) is 3.68. The van der Waals surface area contributed by atoms with E-state index in [9.17, 15) is 0 Å². The molecule has 2 aromatic rings. The van der Waals surface area contributed by atoms with Crippen molar-refractivity contribution in [3.8, 4) is 0 Å². The second-order valence-electron chi connectivity index (χ2n) is 3.68. The Kier molecular flexibility index (Phi) is 3.02. The minimum atomic E-state index is 0.255. The van der Waals surface area contributed by atoms with E-state index in [0.29, 0.717) is 0 Å². The van der Waals surface area contributed by atoms with Crippen LogP contribution in [0.1, 0.15) is 18.9 Å². The van der Waals surface area contributed by atoms with Crippen LogP contribution in [0, 0.1) is 0 Å². The molecule has 0 aliphatic heterocycles. The van der Waals surface area contributed by atoms with Crippen LogP contribution in [0.15, 0.2) is 24.5 Å². The summed E-state index contributed by atoms with van der Waals surface area (Å²) in [5.74, 6) is 0. The number of aliphatic hydroxyl groups excluding tert-OH is 1. The highest BCUT2D eigenvalue weighted by Gasteiger charge is 2.02. The van der Waals surface area contributed by atoms with Gasteiger partial charge in [-0.15, -0.1) is 0 Å². The number of hydrogen-bond acceptors (Lipinski definition) is 2. The van der Waals surface area contributed by atoms with Crippen LogP contribution in [0.4, 0.5) is 0 Å². The van der Waals surface area contributed by atoms with Crippen LogP contribution in [0.25, 0.3) is 11.0 Å². The summed E-state index contributed by atoms with van der Waals surface area (Å²) in [6.45, 7) is 3.31. The zero-order valence-corrected chi connectivity index (χ0v) is 8.98. The number of rotatable bonds is 4. The topological polar surface area (TPSA) is 38.0 Å². The van der Waals surface area contributed by atoms with Crippen LogP contribution in [0.2, 0.25) is 0 Å². The number of fused-ring (bicyclic) bond motifs is 1. The van der Waals surface area contributed by atoms with Crippen molar-refractivity contribution < 1.29 is 5.11 Å². The Hall–Kier alpha value is -1.35. The molecule has 0 atom stereocenters. The lowest BCUT2D eigenvalue weighted by Crippen LogP contribution is -1.93. The highest BCUT2D eigenvalue weighted by Crippen LogP contribution is 2.15. The standard InChI is InChI=1S/C12H16N2O/c1-2-14-9-13-11-6-5-10(4-3-7-15)8-12(11)14/h5-6,8-9,15H,2-4,7H2,1H3. The number of aromatic nitrogens is 2. The van der Waals surface area contributed by atoms with Gasteiger partial charge in [-0.05, 0) is 37.5 Å². The Balaban J connectivity index is 2.35. The minimum absolute atomic E-state index is 0.255. The van der Waals surface area contributed by atoms with Gasteiger partial charge in [0.05, 0.1) is 17.4 Å². The van der Waals surface area contributed by atoms with Gasteiger partial charge in [0.1, 0.15) is 0 Å². The van der Waals surface area contributed by atoms with Crippen molar-refractivity contribution in [1.82, 2.24) is 9.55 Å². The van der Waals surface area contributed by atoms with Crippen LogP contribution >= 0.6 is 0 Å². The molecule has 1 heterocycles. The van der Waals surface area contributed by atoms with Crippen LogP contribution in [-0.4, -0.2) is 21.3 Å². The average Bonchev–Trinajstić information content (AvgIpc) is 2.68. The Morgan fingerprint density at radius 3 is 3.00 bits per heavy atom. The lowest BCUT2D eigenvalue weighted by Gasteiger charge is -2.02. The quantitative estimate of drug-likeness (QED) is 0.827. The SMILES string of the molecule is CCn1cnc2ccc(CCCO)cc21. The average molecular weight is 204 g/mol. The molecule has 0 aliphatic carbocycles. The summed E-state index contributed by atoms with van der Waals surface area (Å²) >= 11 is 0. The van der Waals surface area contributed by atoms with E-state index in [-0.39, 0.29) is 6.61 Å². The molecule has 3 heteroatoms. The van der Waals surface area contributed by atoms with E-state index in [1.165, 1.54) is 11.1 Å². The van der Waals surface area contributed by atoms with E-state index in [1.54, 1.807) is 0 Å². The first-order valence-electron chi connectivity index (χ1n) is 5.39. The van der Waals surface area contributed by atoms with Gasteiger partial charge in [-0.2, -0.15) is 0 Å². The summed E-state index contributed by atoms with van der Waals surface area (Å²) in [4.78, 5) is 4.32. The summed E-state index contributed by atoms with van der Waals surface area (Å²) < 4.78 is 2.14. The Morgan fingerprint density at radius 1 is 1.40 bits per heavy atom. The molecule has 15 heavy (non-hydrogen) atoms. The fourth-order valence-corrected chi connectivity index (χ4v) is 1.79. The predicted octanol–water partition coefficient (Wildman–Crippen LogP) is 1.98. The molecule has 0 bridgehead atoms. The fourth-order valence-electron chi connectivity index (χ4n) is 1.79. The van der Waals surface area contributed by atoms with Gasteiger partial charge >= 0.3 is 0 Å². The van der Waals surface area contributed by atoms with Crippen molar-refractivity contribution in [2.24, 2.45) is 0 Å². The first-order chi connectivity index (χ1) is 7.35. The maximum atomic E-state index is 8.78. The third kappa shape index (κ3) is 2.02. The summed E-state index contributed by atoms with van der Waals surface area (Å²) in [6, 6.07) is 6.31. The highest BCUT2D eigenvalue weighted by molar-refractivity contribution is 5.76. The molecule has 2 rings (SSSR count). The molecule has 1 aromatic carbocycles. The largest absolute Gasteiger partial charge is 0.396 e. The van der Waals surface area contributed by atoms with Gasteiger partial charge in [-0.1, -0.05) is 6.07 Å². The molecule has 0 spiro atoms. The second kappa shape index (κ2) is 4.45. The molecule has 0 unspecified atom stereocenters. The maximum absolute atomic E-state index is 8.78. The third-order valence-electron chi connectivity index (χ3n) is 2.65. The van der Waals surface area contributed by atoms with Crippen LogP contribution in [0.3, 0.4) is 0 Å². The lowest BCUT2D eigenvalue weighted by molar-refractivity contribution is 0.288. The van der Waals surface area contributed by atoms with Crippen molar-refractivity contribution in [2.75, 3.05) is 6.61 Å². The first-order valence-corrected chi connectivity index (χ1v) is 5.39. The van der Waals surface area contributed by atoms with Gasteiger partial charge in [-0.3, -0.25) is 0 Å². The maximum Gasteiger partial charge on any atom is 0.0958 e. The van der Waals surface area contributed by atoms with Crippen molar-refractivity contribution in [3.63, 3.8) is 0 Å². The molecule has 80 valence electrons. The molecule has 0 amide bonds. The molecule has 3 nitrogen and oxygen atoms in total. The van der Waals surface area contributed by atoms with Gasteiger partial charge in [0.2, 0.25) is 0 Å². The zero-order chi connectivity index (χ0) is 10.7. The van der Waals surface area contributed by atoms with E-state index in [0.717, 1.165) is 24.9 Å². The number of hydrogen-bond donors (Lipinski definition) is 1. The third-order valence-corrected chi connectivity index (χ3v) is 2.65. The molecule has 0 fully saturated rings. The number of imidazole rings is 1. The Labute approximate surface area is 89.4 Å². The Morgan fingerprint density at radius 2 is 2.27 bits per heavy atom. The molecule has 0 saturated heterocycles. The van der Waals surface area contributed by atoms with Crippen LogP contribution in [0.5, 0.6) is 0 Å². The smallest absolute Gasteiger partial charge is 0.0958 e. The van der Waals surface area contributed by atoms with Crippen LogP contribution in [-0.2, 0) is 13.0 Å². The summed E-state index contributed by atoms with van der Waals surface area (Å²) in [7, 11) is 0. The number of aryl methyl sites for hydroxylation is 2. The van der Waals surface area contributed by atoms with Crippen LogP contribution < -0.4 is 0 Å².